The Bertz CT molecular complexity index is 661. The zero-order valence-electron chi connectivity index (χ0n) is 14.1. The van der Waals surface area contributed by atoms with Crippen LogP contribution in [0.1, 0.15) is 13.3 Å². The molecular formula is C16H25BrN4O2S. The van der Waals surface area contributed by atoms with Crippen LogP contribution in [0.4, 0.5) is 5.69 Å². The topological polar surface area (TPSA) is 73.8 Å². The molecule has 1 heterocycles. The molecule has 1 aromatic rings. The molecule has 1 unspecified atom stereocenters. The zero-order chi connectivity index (χ0) is 17.6. The van der Waals surface area contributed by atoms with E-state index in [1.807, 2.05) is 19.1 Å². The molecule has 0 bridgehead atoms. The molecule has 1 saturated heterocycles. The lowest BCUT2D eigenvalue weighted by Crippen LogP contribution is -2.44. The van der Waals surface area contributed by atoms with Crippen molar-refractivity contribution in [1.82, 2.24) is 10.6 Å². The number of hydrogen-bond acceptors (Lipinski definition) is 4. The average molecular weight is 417 g/mol. The van der Waals surface area contributed by atoms with Crippen LogP contribution < -0.4 is 15.5 Å². The second-order valence-corrected chi connectivity index (χ2v) is 9.12. The van der Waals surface area contributed by atoms with Crippen LogP contribution in [0.2, 0.25) is 0 Å². The van der Waals surface area contributed by atoms with Gasteiger partial charge >= 0.3 is 0 Å². The Morgan fingerprint density at radius 3 is 2.71 bits per heavy atom. The largest absolute Gasteiger partial charge is 0.369 e. The fourth-order valence-electron chi connectivity index (χ4n) is 2.60. The molecule has 0 saturated carbocycles. The average Bonchev–Trinajstić information content (AvgIpc) is 2.95. The minimum absolute atomic E-state index is 0.0687. The van der Waals surface area contributed by atoms with Crippen LogP contribution in [0.5, 0.6) is 0 Å². The monoisotopic (exact) mass is 416 g/mol. The predicted octanol–water partition coefficient (Wildman–Crippen LogP) is 1.63. The number of nitrogens with zero attached hydrogens (tertiary/aromatic N) is 2. The number of benzene rings is 1. The molecule has 0 spiro atoms. The van der Waals surface area contributed by atoms with Gasteiger partial charge in [-0.3, -0.25) is 4.99 Å². The fourth-order valence-corrected chi connectivity index (χ4v) is 3.29. The number of aliphatic imine (C=N–C) groups is 1. The molecule has 1 aromatic carbocycles. The second-order valence-electron chi connectivity index (χ2n) is 5.94. The van der Waals surface area contributed by atoms with Gasteiger partial charge in [-0.05, 0) is 37.6 Å². The normalized spacial score (nSPS) is 18.7. The van der Waals surface area contributed by atoms with E-state index in [-0.39, 0.29) is 12.3 Å². The number of nitrogens with one attached hydrogen (secondary N) is 2. The summed E-state index contributed by atoms with van der Waals surface area (Å²) in [6.45, 7) is 4.90. The summed E-state index contributed by atoms with van der Waals surface area (Å²) < 4.78 is 23.5. The SMILES string of the molecule is CCNC(=NCCS(C)(=O)=O)NC1CCN(c2ccc(Br)cc2)C1. The summed E-state index contributed by atoms with van der Waals surface area (Å²) in [6.07, 6.45) is 2.25. The lowest BCUT2D eigenvalue weighted by atomic mass is 10.3. The minimum Gasteiger partial charge on any atom is -0.369 e. The molecule has 134 valence electrons. The molecule has 2 N–H and O–H groups in total. The molecule has 6 nitrogen and oxygen atoms in total. The first-order valence-corrected chi connectivity index (χ1v) is 11.0. The van der Waals surface area contributed by atoms with E-state index in [9.17, 15) is 8.42 Å². The molecule has 0 amide bonds. The number of rotatable bonds is 6. The van der Waals surface area contributed by atoms with Gasteiger partial charge < -0.3 is 15.5 Å². The van der Waals surface area contributed by atoms with Crippen molar-refractivity contribution in [2.24, 2.45) is 4.99 Å². The van der Waals surface area contributed by atoms with E-state index in [1.165, 1.54) is 11.9 Å². The fraction of sp³-hybridized carbons (Fsp3) is 0.562. The number of guanidine groups is 1. The molecule has 1 atom stereocenters. The summed E-state index contributed by atoms with van der Waals surface area (Å²) in [5, 5.41) is 6.58. The van der Waals surface area contributed by atoms with Crippen LogP contribution in [0.25, 0.3) is 0 Å². The highest BCUT2D eigenvalue weighted by Gasteiger charge is 2.23. The molecule has 1 aliphatic rings. The van der Waals surface area contributed by atoms with E-state index in [1.54, 1.807) is 0 Å². The van der Waals surface area contributed by atoms with Crippen molar-refractivity contribution >= 4 is 37.4 Å². The Balaban J connectivity index is 1.91. The predicted molar refractivity (Wildman–Crippen MR) is 104 cm³/mol. The lowest BCUT2D eigenvalue weighted by Gasteiger charge is -2.20. The minimum atomic E-state index is -2.99. The van der Waals surface area contributed by atoms with Crippen LogP contribution in [0.15, 0.2) is 33.7 Å². The summed E-state index contributed by atoms with van der Waals surface area (Å²) >= 11 is 3.46. The summed E-state index contributed by atoms with van der Waals surface area (Å²) in [6, 6.07) is 8.61. The second kappa shape index (κ2) is 8.71. The Morgan fingerprint density at radius 1 is 1.38 bits per heavy atom. The van der Waals surface area contributed by atoms with E-state index < -0.39 is 9.84 Å². The molecule has 1 fully saturated rings. The van der Waals surface area contributed by atoms with Gasteiger partial charge in [-0.1, -0.05) is 15.9 Å². The van der Waals surface area contributed by atoms with Gasteiger partial charge in [0.15, 0.2) is 5.96 Å². The van der Waals surface area contributed by atoms with Crippen molar-refractivity contribution in [1.29, 1.82) is 0 Å². The van der Waals surface area contributed by atoms with Gasteiger partial charge in [-0.2, -0.15) is 0 Å². The number of hydrogen-bond donors (Lipinski definition) is 2. The van der Waals surface area contributed by atoms with Gasteiger partial charge in [0.1, 0.15) is 9.84 Å². The molecule has 2 rings (SSSR count). The third-order valence-electron chi connectivity index (χ3n) is 3.80. The van der Waals surface area contributed by atoms with Gasteiger partial charge in [0.05, 0.1) is 12.3 Å². The quantitative estimate of drug-likeness (QED) is 0.544. The summed E-state index contributed by atoms with van der Waals surface area (Å²) in [5.74, 6) is 0.753. The van der Waals surface area contributed by atoms with E-state index in [2.05, 4.69) is 48.6 Å². The molecule has 0 aromatic heterocycles. The molecule has 0 radical (unpaired) electrons. The van der Waals surface area contributed by atoms with Crippen molar-refractivity contribution in [2.75, 3.05) is 43.1 Å². The first-order valence-electron chi connectivity index (χ1n) is 8.10. The van der Waals surface area contributed by atoms with Crippen molar-refractivity contribution in [3.05, 3.63) is 28.7 Å². The Labute approximate surface area is 152 Å². The Kier molecular flexibility index (Phi) is 6.91. The Morgan fingerprint density at radius 2 is 2.08 bits per heavy atom. The standard InChI is InChI=1S/C16H25BrN4O2S/c1-3-18-16(19-9-11-24(2,22)23)20-14-8-10-21(12-14)15-6-4-13(17)5-7-15/h4-7,14H,3,8-12H2,1-2H3,(H2,18,19,20). The summed E-state index contributed by atoms with van der Waals surface area (Å²) in [4.78, 5) is 6.70. The van der Waals surface area contributed by atoms with Crippen LogP contribution in [0, 0.1) is 0 Å². The van der Waals surface area contributed by atoms with Crippen molar-refractivity contribution in [3.63, 3.8) is 0 Å². The van der Waals surface area contributed by atoms with Crippen molar-refractivity contribution in [3.8, 4) is 0 Å². The highest BCUT2D eigenvalue weighted by molar-refractivity contribution is 9.10. The molecule has 24 heavy (non-hydrogen) atoms. The lowest BCUT2D eigenvalue weighted by molar-refractivity contribution is 0.601. The van der Waals surface area contributed by atoms with Gasteiger partial charge in [-0.25, -0.2) is 8.42 Å². The molecule has 1 aliphatic heterocycles. The third kappa shape index (κ3) is 6.32. The maximum absolute atomic E-state index is 11.2. The van der Waals surface area contributed by atoms with E-state index in [0.717, 1.165) is 30.5 Å². The maximum Gasteiger partial charge on any atom is 0.191 e. The Hall–Kier alpha value is -1.28. The third-order valence-corrected chi connectivity index (χ3v) is 5.25. The van der Waals surface area contributed by atoms with Crippen molar-refractivity contribution in [2.45, 2.75) is 19.4 Å². The van der Waals surface area contributed by atoms with Gasteiger partial charge in [0.25, 0.3) is 0 Å². The maximum atomic E-state index is 11.2. The number of anilines is 1. The number of sulfone groups is 1. The highest BCUT2D eigenvalue weighted by Crippen LogP contribution is 2.22. The van der Waals surface area contributed by atoms with Crippen LogP contribution in [0.3, 0.4) is 0 Å². The first kappa shape index (κ1) is 19.1. The van der Waals surface area contributed by atoms with E-state index in [4.69, 9.17) is 0 Å². The van der Waals surface area contributed by atoms with E-state index in [0.29, 0.717) is 12.0 Å². The zero-order valence-corrected chi connectivity index (χ0v) is 16.5. The molecule has 0 aliphatic carbocycles. The van der Waals surface area contributed by atoms with Crippen molar-refractivity contribution < 1.29 is 8.42 Å². The van der Waals surface area contributed by atoms with Crippen LogP contribution in [-0.2, 0) is 9.84 Å². The molecular weight excluding hydrogens is 392 g/mol. The highest BCUT2D eigenvalue weighted by atomic mass is 79.9. The van der Waals surface area contributed by atoms with Gasteiger partial charge in [-0.15, -0.1) is 0 Å². The van der Waals surface area contributed by atoms with Crippen LogP contribution >= 0.6 is 15.9 Å². The van der Waals surface area contributed by atoms with Gasteiger partial charge in [0, 0.05) is 42.1 Å². The summed E-state index contributed by atoms with van der Waals surface area (Å²) in [5.41, 5.74) is 1.21. The van der Waals surface area contributed by atoms with Gasteiger partial charge in [0.2, 0.25) is 0 Å². The summed E-state index contributed by atoms with van der Waals surface area (Å²) in [7, 11) is -2.99. The number of halogens is 1. The molecule has 8 heteroatoms. The first-order chi connectivity index (χ1) is 11.4. The smallest absolute Gasteiger partial charge is 0.191 e. The van der Waals surface area contributed by atoms with Crippen LogP contribution in [-0.4, -0.2) is 58.6 Å². The van der Waals surface area contributed by atoms with E-state index >= 15 is 0 Å².